The van der Waals surface area contributed by atoms with Crippen LogP contribution in [0.15, 0.2) is 48.5 Å². The van der Waals surface area contributed by atoms with Crippen molar-refractivity contribution in [2.45, 2.75) is 19.5 Å². The number of ether oxygens (including phenoxy) is 1. The van der Waals surface area contributed by atoms with Gasteiger partial charge in [0.1, 0.15) is 5.75 Å². The molecule has 0 unspecified atom stereocenters. The van der Waals surface area contributed by atoms with Gasteiger partial charge in [0.05, 0.1) is 7.11 Å². The molecule has 0 aromatic heterocycles. The molecule has 0 heterocycles. The number of hydrogen-bond acceptors (Lipinski definition) is 3. The van der Waals surface area contributed by atoms with E-state index in [0.717, 1.165) is 23.5 Å². The van der Waals surface area contributed by atoms with Crippen LogP contribution in [0.4, 0.5) is 5.69 Å². The fourth-order valence-corrected chi connectivity index (χ4v) is 1.99. The Bertz CT molecular complexity index is 540. The Morgan fingerprint density at radius 2 is 1.95 bits per heavy atom. The number of methoxy groups -OCH3 is 1. The molecule has 0 saturated heterocycles. The predicted molar refractivity (Wildman–Crippen MR) is 79.1 cm³/mol. The molecule has 2 aromatic rings. The Hall–Kier alpha value is -2.00. The summed E-state index contributed by atoms with van der Waals surface area (Å²) in [6.07, 6.45) is 0. The maximum Gasteiger partial charge on any atom is 0.119 e. The number of nitrogen functional groups attached to an aromatic ring is 1. The highest BCUT2D eigenvalue weighted by Gasteiger charge is 2.06. The summed E-state index contributed by atoms with van der Waals surface area (Å²) in [7, 11) is 1.68. The number of anilines is 1. The van der Waals surface area contributed by atoms with Crippen LogP contribution < -0.4 is 15.8 Å². The lowest BCUT2D eigenvalue weighted by Crippen LogP contribution is -2.18. The van der Waals surface area contributed by atoms with Crippen molar-refractivity contribution in [3.63, 3.8) is 0 Å². The first kappa shape index (κ1) is 13.4. The highest BCUT2D eigenvalue weighted by molar-refractivity contribution is 5.46. The number of nitrogens with two attached hydrogens (primary N) is 1. The van der Waals surface area contributed by atoms with E-state index in [0.29, 0.717) is 0 Å². The summed E-state index contributed by atoms with van der Waals surface area (Å²) in [5.74, 6) is 0.880. The zero-order chi connectivity index (χ0) is 13.7. The third kappa shape index (κ3) is 3.48. The van der Waals surface area contributed by atoms with Crippen LogP contribution in [0.1, 0.15) is 24.1 Å². The Labute approximate surface area is 114 Å². The molecular weight excluding hydrogens is 236 g/mol. The van der Waals surface area contributed by atoms with E-state index >= 15 is 0 Å². The molecular formula is C16H20N2O. The molecule has 0 spiro atoms. The van der Waals surface area contributed by atoms with E-state index in [2.05, 4.69) is 18.3 Å². The Morgan fingerprint density at radius 1 is 1.16 bits per heavy atom. The Kier molecular flexibility index (Phi) is 4.42. The van der Waals surface area contributed by atoms with E-state index < -0.39 is 0 Å². The second-order valence-electron chi connectivity index (χ2n) is 4.58. The minimum Gasteiger partial charge on any atom is -0.497 e. The van der Waals surface area contributed by atoms with Crippen molar-refractivity contribution in [1.82, 2.24) is 5.32 Å². The maximum absolute atomic E-state index is 5.93. The van der Waals surface area contributed by atoms with Crippen molar-refractivity contribution in [2.75, 3.05) is 12.8 Å². The summed E-state index contributed by atoms with van der Waals surface area (Å²) in [4.78, 5) is 0. The molecule has 0 radical (unpaired) electrons. The molecule has 2 aromatic carbocycles. The van der Waals surface area contributed by atoms with Crippen LogP contribution in [0.2, 0.25) is 0 Å². The fraction of sp³-hybridized carbons (Fsp3) is 0.250. The monoisotopic (exact) mass is 256 g/mol. The average Bonchev–Trinajstić information content (AvgIpc) is 2.46. The zero-order valence-corrected chi connectivity index (χ0v) is 11.4. The number of para-hydroxylation sites is 1. The smallest absolute Gasteiger partial charge is 0.119 e. The van der Waals surface area contributed by atoms with E-state index in [-0.39, 0.29) is 6.04 Å². The van der Waals surface area contributed by atoms with Crippen molar-refractivity contribution >= 4 is 5.69 Å². The van der Waals surface area contributed by atoms with Gasteiger partial charge >= 0.3 is 0 Å². The summed E-state index contributed by atoms with van der Waals surface area (Å²) in [6, 6.07) is 16.3. The van der Waals surface area contributed by atoms with E-state index in [1.54, 1.807) is 7.11 Å². The van der Waals surface area contributed by atoms with Crippen LogP contribution in [0.5, 0.6) is 5.75 Å². The topological polar surface area (TPSA) is 47.3 Å². The van der Waals surface area contributed by atoms with Crippen LogP contribution in [-0.4, -0.2) is 7.11 Å². The van der Waals surface area contributed by atoms with Crippen LogP contribution in [-0.2, 0) is 6.54 Å². The molecule has 2 rings (SSSR count). The summed E-state index contributed by atoms with van der Waals surface area (Å²) in [5.41, 5.74) is 9.08. The number of benzene rings is 2. The lowest BCUT2D eigenvalue weighted by Gasteiger charge is -2.16. The standard InChI is InChI=1S/C16H20N2O/c1-12(13-7-5-8-15(10-13)19-2)18-11-14-6-3-4-9-16(14)17/h3-10,12,18H,11,17H2,1-2H3/t12-/m0/s1. The minimum atomic E-state index is 0.245. The van der Waals surface area contributed by atoms with Gasteiger partial charge < -0.3 is 15.8 Å². The first-order valence-electron chi connectivity index (χ1n) is 6.41. The Balaban J connectivity index is 2.01. The SMILES string of the molecule is COc1cccc([C@H](C)NCc2ccccc2N)c1. The first-order chi connectivity index (χ1) is 9.20. The van der Waals surface area contributed by atoms with Crippen molar-refractivity contribution in [1.29, 1.82) is 0 Å². The molecule has 3 nitrogen and oxygen atoms in total. The van der Waals surface area contributed by atoms with Gasteiger partial charge in [-0.2, -0.15) is 0 Å². The molecule has 0 amide bonds. The average molecular weight is 256 g/mol. The Morgan fingerprint density at radius 3 is 2.68 bits per heavy atom. The quantitative estimate of drug-likeness (QED) is 0.808. The van der Waals surface area contributed by atoms with Crippen molar-refractivity contribution in [3.8, 4) is 5.75 Å². The van der Waals surface area contributed by atoms with Gasteiger partial charge in [0, 0.05) is 18.3 Å². The number of rotatable bonds is 5. The molecule has 0 aliphatic rings. The second kappa shape index (κ2) is 6.25. The van der Waals surface area contributed by atoms with Gasteiger partial charge in [-0.1, -0.05) is 30.3 Å². The molecule has 0 aliphatic heterocycles. The predicted octanol–water partition coefficient (Wildman–Crippen LogP) is 3.13. The molecule has 0 fully saturated rings. The van der Waals surface area contributed by atoms with Crippen molar-refractivity contribution in [3.05, 3.63) is 59.7 Å². The molecule has 3 N–H and O–H groups in total. The summed E-state index contributed by atoms with van der Waals surface area (Å²) in [5, 5.41) is 3.47. The van der Waals surface area contributed by atoms with E-state index in [1.165, 1.54) is 5.56 Å². The first-order valence-corrected chi connectivity index (χ1v) is 6.41. The van der Waals surface area contributed by atoms with Crippen molar-refractivity contribution < 1.29 is 4.74 Å². The van der Waals surface area contributed by atoms with Crippen LogP contribution in [0, 0.1) is 0 Å². The molecule has 0 aliphatic carbocycles. The van der Waals surface area contributed by atoms with E-state index in [1.807, 2.05) is 42.5 Å². The number of nitrogens with one attached hydrogen (secondary N) is 1. The maximum atomic E-state index is 5.93. The lowest BCUT2D eigenvalue weighted by atomic mass is 10.1. The third-order valence-electron chi connectivity index (χ3n) is 3.25. The second-order valence-corrected chi connectivity index (χ2v) is 4.58. The zero-order valence-electron chi connectivity index (χ0n) is 11.4. The fourth-order valence-electron chi connectivity index (χ4n) is 1.99. The molecule has 0 saturated carbocycles. The van der Waals surface area contributed by atoms with Gasteiger partial charge in [0.2, 0.25) is 0 Å². The highest BCUT2D eigenvalue weighted by Crippen LogP contribution is 2.19. The van der Waals surface area contributed by atoms with Gasteiger partial charge in [-0.15, -0.1) is 0 Å². The molecule has 0 bridgehead atoms. The summed E-state index contributed by atoms with van der Waals surface area (Å²) >= 11 is 0. The van der Waals surface area contributed by atoms with Gasteiger partial charge in [0.25, 0.3) is 0 Å². The normalized spacial score (nSPS) is 12.1. The van der Waals surface area contributed by atoms with E-state index in [4.69, 9.17) is 10.5 Å². The molecule has 100 valence electrons. The van der Waals surface area contributed by atoms with Crippen LogP contribution >= 0.6 is 0 Å². The third-order valence-corrected chi connectivity index (χ3v) is 3.25. The molecule has 1 atom stereocenters. The number of hydrogen-bond donors (Lipinski definition) is 2. The van der Waals surface area contributed by atoms with Crippen LogP contribution in [0.3, 0.4) is 0 Å². The summed E-state index contributed by atoms with van der Waals surface area (Å²) < 4.78 is 5.24. The minimum absolute atomic E-state index is 0.245. The van der Waals surface area contributed by atoms with Gasteiger partial charge in [-0.3, -0.25) is 0 Å². The summed E-state index contributed by atoms with van der Waals surface area (Å²) in [6.45, 7) is 2.89. The van der Waals surface area contributed by atoms with E-state index in [9.17, 15) is 0 Å². The highest BCUT2D eigenvalue weighted by atomic mass is 16.5. The molecule has 19 heavy (non-hydrogen) atoms. The molecule has 3 heteroatoms. The largest absolute Gasteiger partial charge is 0.497 e. The van der Waals surface area contributed by atoms with Crippen molar-refractivity contribution in [2.24, 2.45) is 0 Å². The van der Waals surface area contributed by atoms with Gasteiger partial charge in [0.15, 0.2) is 0 Å². The van der Waals surface area contributed by atoms with Crippen LogP contribution in [0.25, 0.3) is 0 Å². The lowest BCUT2D eigenvalue weighted by molar-refractivity contribution is 0.413. The van der Waals surface area contributed by atoms with Gasteiger partial charge in [-0.05, 0) is 36.2 Å². The van der Waals surface area contributed by atoms with Gasteiger partial charge in [-0.25, -0.2) is 0 Å².